The van der Waals surface area contributed by atoms with Crippen LogP contribution in [-0.2, 0) is 0 Å². The minimum absolute atomic E-state index is 0.0335. The molecule has 1 aliphatic rings. The molecule has 144 valence electrons. The van der Waals surface area contributed by atoms with E-state index in [4.69, 9.17) is 5.73 Å². The molecule has 5 nitrogen and oxygen atoms in total. The molecule has 0 radical (unpaired) electrons. The maximum atomic E-state index is 6.52. The fraction of sp³-hybridized carbons (Fsp3) is 0.304. The molecule has 0 saturated carbocycles. The Kier molecular flexibility index (Phi) is 5.42. The van der Waals surface area contributed by atoms with E-state index in [0.717, 1.165) is 24.8 Å². The van der Waals surface area contributed by atoms with Crippen molar-refractivity contribution in [2.75, 3.05) is 29.0 Å². The highest BCUT2D eigenvalue weighted by Gasteiger charge is 2.22. The van der Waals surface area contributed by atoms with Crippen molar-refractivity contribution in [1.29, 1.82) is 0 Å². The summed E-state index contributed by atoms with van der Waals surface area (Å²) >= 11 is 0. The Labute approximate surface area is 166 Å². The zero-order valence-corrected chi connectivity index (χ0v) is 16.3. The van der Waals surface area contributed by atoms with Crippen LogP contribution in [0, 0.1) is 5.92 Å². The minimum atomic E-state index is -0.0335. The Morgan fingerprint density at radius 3 is 2.07 bits per heavy atom. The van der Waals surface area contributed by atoms with Crippen molar-refractivity contribution in [2.45, 2.75) is 25.8 Å². The van der Waals surface area contributed by atoms with Crippen LogP contribution in [-0.4, -0.2) is 23.1 Å². The van der Waals surface area contributed by atoms with Crippen molar-refractivity contribution in [2.24, 2.45) is 5.92 Å². The molecular weight excluding hydrogens is 346 g/mol. The number of benzene rings is 2. The monoisotopic (exact) mass is 373 g/mol. The summed E-state index contributed by atoms with van der Waals surface area (Å²) in [6.07, 6.45) is 3.95. The zero-order chi connectivity index (χ0) is 19.3. The molecule has 4 rings (SSSR count). The van der Waals surface area contributed by atoms with Crippen LogP contribution in [0.2, 0.25) is 0 Å². The fourth-order valence-corrected chi connectivity index (χ4v) is 3.76. The maximum Gasteiger partial charge on any atom is 0.157 e. The van der Waals surface area contributed by atoms with E-state index in [1.54, 1.807) is 6.33 Å². The molecule has 2 heterocycles. The summed E-state index contributed by atoms with van der Waals surface area (Å²) in [5.74, 6) is 2.28. The fourth-order valence-electron chi connectivity index (χ4n) is 3.76. The summed E-state index contributed by atoms with van der Waals surface area (Å²) in [5, 5.41) is 3.57. The molecule has 1 fully saturated rings. The van der Waals surface area contributed by atoms with Crippen molar-refractivity contribution in [3.8, 4) is 0 Å². The maximum absolute atomic E-state index is 6.52. The molecule has 0 bridgehead atoms. The Morgan fingerprint density at radius 1 is 0.929 bits per heavy atom. The number of hydrogen-bond acceptors (Lipinski definition) is 5. The number of aromatic nitrogens is 2. The van der Waals surface area contributed by atoms with E-state index >= 15 is 0 Å². The van der Waals surface area contributed by atoms with Crippen LogP contribution >= 0.6 is 0 Å². The molecule has 0 atom stereocenters. The van der Waals surface area contributed by atoms with E-state index in [2.05, 4.69) is 75.6 Å². The smallest absolute Gasteiger partial charge is 0.157 e. The lowest BCUT2D eigenvalue weighted by atomic mass is 9.98. The van der Waals surface area contributed by atoms with Gasteiger partial charge in [0, 0.05) is 13.1 Å². The topological polar surface area (TPSA) is 67.1 Å². The summed E-state index contributed by atoms with van der Waals surface area (Å²) in [4.78, 5) is 11.2. The van der Waals surface area contributed by atoms with Crippen LogP contribution in [0.3, 0.4) is 0 Å². The molecule has 0 amide bonds. The largest absolute Gasteiger partial charge is 0.393 e. The number of rotatable bonds is 5. The molecule has 3 aromatic rings. The summed E-state index contributed by atoms with van der Waals surface area (Å²) in [5.41, 5.74) is 9.48. The number of nitrogen functional groups attached to an aromatic ring is 1. The van der Waals surface area contributed by atoms with E-state index < -0.39 is 0 Å². The first-order valence-corrected chi connectivity index (χ1v) is 9.94. The molecule has 1 aromatic heterocycles. The Hall–Kier alpha value is -3.08. The number of hydrogen-bond donors (Lipinski definition) is 2. The van der Waals surface area contributed by atoms with Crippen LogP contribution in [0.25, 0.3) is 0 Å². The molecule has 0 spiro atoms. The second kappa shape index (κ2) is 8.30. The minimum Gasteiger partial charge on any atom is -0.393 e. The number of nitrogens with zero attached hydrogens (tertiary/aromatic N) is 3. The van der Waals surface area contributed by atoms with Crippen molar-refractivity contribution >= 4 is 17.3 Å². The van der Waals surface area contributed by atoms with Gasteiger partial charge in [-0.3, -0.25) is 0 Å². The first-order chi connectivity index (χ1) is 13.7. The van der Waals surface area contributed by atoms with Gasteiger partial charge in [0.25, 0.3) is 0 Å². The van der Waals surface area contributed by atoms with Crippen LogP contribution in [0.1, 0.15) is 36.9 Å². The van der Waals surface area contributed by atoms with Crippen molar-refractivity contribution in [3.63, 3.8) is 0 Å². The highest BCUT2D eigenvalue weighted by Crippen LogP contribution is 2.33. The predicted molar refractivity (Wildman–Crippen MR) is 115 cm³/mol. The summed E-state index contributed by atoms with van der Waals surface area (Å²) in [6.45, 7) is 4.28. The molecular formula is C23H27N5. The third kappa shape index (κ3) is 3.93. The van der Waals surface area contributed by atoms with E-state index in [1.807, 2.05) is 12.1 Å². The van der Waals surface area contributed by atoms with Gasteiger partial charge >= 0.3 is 0 Å². The van der Waals surface area contributed by atoms with Gasteiger partial charge in [-0.1, -0.05) is 67.6 Å². The van der Waals surface area contributed by atoms with Gasteiger partial charge in [-0.05, 0) is 29.9 Å². The van der Waals surface area contributed by atoms with Crippen LogP contribution in [0.5, 0.6) is 0 Å². The quantitative estimate of drug-likeness (QED) is 0.689. The molecule has 5 heteroatoms. The molecule has 1 aliphatic heterocycles. The van der Waals surface area contributed by atoms with Crippen molar-refractivity contribution < 1.29 is 0 Å². The van der Waals surface area contributed by atoms with Crippen molar-refractivity contribution in [1.82, 2.24) is 9.97 Å². The number of anilines is 3. The molecule has 28 heavy (non-hydrogen) atoms. The Balaban J connectivity index is 1.65. The van der Waals surface area contributed by atoms with E-state index in [1.165, 1.54) is 24.0 Å². The SMILES string of the molecule is CC1CCN(c2ncnc(NC(c3ccccc3)c3ccccc3)c2N)CC1. The number of piperidine rings is 1. The van der Waals surface area contributed by atoms with E-state index in [0.29, 0.717) is 11.5 Å². The predicted octanol–water partition coefficient (Wildman–Crippen LogP) is 4.50. The number of nitrogens with two attached hydrogens (primary N) is 1. The Bertz CT molecular complexity index is 850. The summed E-state index contributed by atoms with van der Waals surface area (Å²) in [6, 6.07) is 20.7. The summed E-state index contributed by atoms with van der Waals surface area (Å²) in [7, 11) is 0. The second-order valence-corrected chi connectivity index (χ2v) is 7.53. The molecule has 0 unspecified atom stereocenters. The number of nitrogens with one attached hydrogen (secondary N) is 1. The van der Waals surface area contributed by atoms with E-state index in [-0.39, 0.29) is 6.04 Å². The van der Waals surface area contributed by atoms with Gasteiger partial charge in [-0.2, -0.15) is 0 Å². The standard InChI is InChI=1S/C23H27N5/c1-17-12-14-28(15-13-17)23-20(24)22(25-16-26-23)27-21(18-8-4-2-5-9-18)19-10-6-3-7-11-19/h2-11,16-17,21H,12-15,24H2,1H3,(H,25,26,27). The van der Waals surface area contributed by atoms with Gasteiger partial charge in [-0.25, -0.2) is 9.97 Å². The lowest BCUT2D eigenvalue weighted by molar-refractivity contribution is 0.437. The van der Waals surface area contributed by atoms with Crippen LogP contribution < -0.4 is 16.0 Å². The van der Waals surface area contributed by atoms with Crippen LogP contribution in [0.4, 0.5) is 17.3 Å². The van der Waals surface area contributed by atoms with Gasteiger partial charge < -0.3 is 16.0 Å². The van der Waals surface area contributed by atoms with Gasteiger partial charge in [0.2, 0.25) is 0 Å². The molecule has 0 aliphatic carbocycles. The first kappa shape index (κ1) is 18.3. The van der Waals surface area contributed by atoms with E-state index in [9.17, 15) is 0 Å². The van der Waals surface area contributed by atoms with Gasteiger partial charge in [0.1, 0.15) is 12.0 Å². The third-order valence-corrected chi connectivity index (χ3v) is 5.49. The average Bonchev–Trinajstić information content (AvgIpc) is 2.75. The molecule has 3 N–H and O–H groups in total. The highest BCUT2D eigenvalue weighted by atomic mass is 15.2. The molecule has 1 saturated heterocycles. The summed E-state index contributed by atoms with van der Waals surface area (Å²) < 4.78 is 0. The van der Waals surface area contributed by atoms with Gasteiger partial charge in [0.05, 0.1) is 6.04 Å². The lowest BCUT2D eigenvalue weighted by Gasteiger charge is -2.32. The third-order valence-electron chi connectivity index (χ3n) is 5.49. The second-order valence-electron chi connectivity index (χ2n) is 7.53. The normalized spacial score (nSPS) is 15.0. The first-order valence-electron chi connectivity index (χ1n) is 9.94. The van der Waals surface area contributed by atoms with Crippen molar-refractivity contribution in [3.05, 3.63) is 78.1 Å². The zero-order valence-electron chi connectivity index (χ0n) is 16.3. The Morgan fingerprint density at radius 2 is 1.50 bits per heavy atom. The lowest BCUT2D eigenvalue weighted by Crippen LogP contribution is -2.34. The molecule has 2 aromatic carbocycles. The van der Waals surface area contributed by atoms with Crippen LogP contribution in [0.15, 0.2) is 67.0 Å². The highest BCUT2D eigenvalue weighted by molar-refractivity contribution is 5.75. The van der Waals surface area contributed by atoms with Gasteiger partial charge in [-0.15, -0.1) is 0 Å². The average molecular weight is 374 g/mol. The van der Waals surface area contributed by atoms with Gasteiger partial charge in [0.15, 0.2) is 11.6 Å².